The van der Waals surface area contributed by atoms with Crippen LogP contribution in [0.25, 0.3) is 21.9 Å². The fourth-order valence-corrected chi connectivity index (χ4v) is 9.23. The van der Waals surface area contributed by atoms with Crippen LogP contribution in [0.3, 0.4) is 0 Å². The van der Waals surface area contributed by atoms with Gasteiger partial charge in [-0.25, -0.2) is 0 Å². The highest BCUT2D eigenvalue weighted by Gasteiger charge is 2.51. The van der Waals surface area contributed by atoms with Crippen LogP contribution in [-0.4, -0.2) is 16.3 Å². The van der Waals surface area contributed by atoms with Gasteiger partial charge < -0.3 is 0 Å². The summed E-state index contributed by atoms with van der Waals surface area (Å²) in [6.07, 6.45) is 8.75. The molecule has 3 heteroatoms. The number of carbonyl (C=O) groups excluding carboxylic acids is 2. The molecule has 4 aliphatic rings. The lowest BCUT2D eigenvalue weighted by atomic mass is 9.56. The first-order valence-corrected chi connectivity index (χ1v) is 13.5. The molecule has 3 aromatic carbocycles. The predicted molar refractivity (Wildman–Crippen MR) is 140 cm³/mol. The SMILES string of the molecule is CC(=O)C(C(C)=O)c1ccc2cc(-c3ccc(SC45CC6CC(CC(C6)C4)C5)cc3)ccc2c1. The first-order chi connectivity index (χ1) is 16.4. The van der Waals surface area contributed by atoms with Crippen LogP contribution in [0.1, 0.15) is 63.9 Å². The maximum absolute atomic E-state index is 12.0. The van der Waals surface area contributed by atoms with Crippen molar-refractivity contribution in [2.75, 3.05) is 0 Å². The van der Waals surface area contributed by atoms with E-state index in [1.807, 2.05) is 18.2 Å². The van der Waals surface area contributed by atoms with Crippen molar-refractivity contribution in [3.8, 4) is 11.1 Å². The zero-order valence-corrected chi connectivity index (χ0v) is 20.9. The van der Waals surface area contributed by atoms with Crippen molar-refractivity contribution in [1.29, 1.82) is 0 Å². The lowest BCUT2D eigenvalue weighted by molar-refractivity contribution is -0.126. The lowest BCUT2D eigenvalue weighted by Gasteiger charge is -2.56. The summed E-state index contributed by atoms with van der Waals surface area (Å²) < 4.78 is 0.495. The predicted octanol–water partition coefficient (Wildman–Crippen LogP) is 7.83. The summed E-state index contributed by atoms with van der Waals surface area (Å²) in [5, 5.41) is 2.18. The van der Waals surface area contributed by atoms with E-state index in [-0.39, 0.29) is 11.6 Å². The van der Waals surface area contributed by atoms with Crippen LogP contribution in [0.15, 0.2) is 65.6 Å². The molecule has 7 rings (SSSR count). The average Bonchev–Trinajstić information content (AvgIpc) is 2.77. The molecule has 174 valence electrons. The minimum Gasteiger partial charge on any atom is -0.299 e. The third kappa shape index (κ3) is 4.02. The van der Waals surface area contributed by atoms with Crippen LogP contribution >= 0.6 is 11.8 Å². The van der Waals surface area contributed by atoms with Gasteiger partial charge in [0.1, 0.15) is 17.5 Å². The molecule has 34 heavy (non-hydrogen) atoms. The Morgan fingerprint density at radius 2 is 1.26 bits per heavy atom. The number of carbonyl (C=O) groups is 2. The highest BCUT2D eigenvalue weighted by atomic mass is 32.2. The molecule has 0 aliphatic heterocycles. The summed E-state index contributed by atoms with van der Waals surface area (Å²) in [4.78, 5) is 25.3. The van der Waals surface area contributed by atoms with Gasteiger partial charge in [-0.15, -0.1) is 11.8 Å². The molecule has 4 fully saturated rings. The largest absolute Gasteiger partial charge is 0.299 e. The van der Waals surface area contributed by atoms with Crippen molar-refractivity contribution >= 4 is 34.1 Å². The van der Waals surface area contributed by atoms with Crippen molar-refractivity contribution < 1.29 is 9.59 Å². The van der Waals surface area contributed by atoms with Gasteiger partial charge in [-0.1, -0.05) is 36.4 Å². The second kappa shape index (κ2) is 8.37. The van der Waals surface area contributed by atoms with Gasteiger partial charge >= 0.3 is 0 Å². The normalized spacial score (nSPS) is 27.4. The van der Waals surface area contributed by atoms with Crippen LogP contribution in [0.2, 0.25) is 0 Å². The van der Waals surface area contributed by atoms with Gasteiger partial charge in [0, 0.05) is 9.64 Å². The standard InChI is InChI=1S/C31H32O2S/c1-19(32)30(20(2)33)28-6-5-26-14-25(3-4-27(26)15-28)24-7-9-29(10-8-24)34-31-16-21-11-22(17-31)13-23(12-21)18-31/h3-10,14-15,21-23,30H,11-13,16-18H2,1-2H3. The Labute approximate surface area is 206 Å². The maximum atomic E-state index is 12.0. The van der Waals surface area contributed by atoms with E-state index >= 15 is 0 Å². The van der Waals surface area contributed by atoms with E-state index in [2.05, 4.69) is 54.2 Å². The Morgan fingerprint density at radius 3 is 1.85 bits per heavy atom. The third-order valence-corrected chi connectivity index (χ3v) is 9.96. The number of rotatable bonds is 6. The number of thioether (sulfide) groups is 1. The summed E-state index contributed by atoms with van der Waals surface area (Å²) in [6, 6.07) is 21.5. The fourth-order valence-electron chi connectivity index (χ4n) is 7.50. The van der Waals surface area contributed by atoms with Gasteiger partial charge in [-0.2, -0.15) is 0 Å². The molecule has 2 nitrogen and oxygen atoms in total. The molecule has 0 amide bonds. The van der Waals surface area contributed by atoms with Crippen LogP contribution in [0.4, 0.5) is 0 Å². The Balaban J connectivity index is 1.22. The molecular weight excluding hydrogens is 436 g/mol. The molecule has 3 aromatic rings. The first-order valence-electron chi connectivity index (χ1n) is 12.7. The Morgan fingerprint density at radius 1 is 0.735 bits per heavy atom. The topological polar surface area (TPSA) is 34.1 Å². The molecule has 0 spiro atoms. The molecule has 0 aromatic heterocycles. The summed E-state index contributed by atoms with van der Waals surface area (Å²) in [5.74, 6) is 2.08. The zero-order valence-electron chi connectivity index (χ0n) is 20.1. The van der Waals surface area contributed by atoms with Gasteiger partial charge in [0.25, 0.3) is 0 Å². The van der Waals surface area contributed by atoms with Crippen molar-refractivity contribution in [1.82, 2.24) is 0 Å². The van der Waals surface area contributed by atoms with Crippen LogP contribution in [0.5, 0.6) is 0 Å². The third-order valence-electron chi connectivity index (χ3n) is 8.51. The van der Waals surface area contributed by atoms with E-state index in [0.717, 1.165) is 34.1 Å². The molecule has 4 aliphatic carbocycles. The van der Waals surface area contributed by atoms with E-state index in [1.165, 1.54) is 68.4 Å². The summed E-state index contributed by atoms with van der Waals surface area (Å²) in [5.41, 5.74) is 3.21. The van der Waals surface area contributed by atoms with Gasteiger partial charge in [0.15, 0.2) is 0 Å². The highest BCUT2D eigenvalue weighted by molar-refractivity contribution is 8.00. The van der Waals surface area contributed by atoms with Gasteiger partial charge in [0.05, 0.1) is 0 Å². The number of hydrogen-bond acceptors (Lipinski definition) is 3. The number of benzene rings is 3. The van der Waals surface area contributed by atoms with Crippen molar-refractivity contribution in [2.45, 2.75) is 67.9 Å². The minimum atomic E-state index is -0.664. The molecule has 0 unspecified atom stereocenters. The van der Waals surface area contributed by atoms with E-state index in [0.29, 0.717) is 4.75 Å². The fraction of sp³-hybridized carbons (Fsp3) is 0.419. The van der Waals surface area contributed by atoms with Crippen LogP contribution in [-0.2, 0) is 9.59 Å². The Bertz CT molecular complexity index is 1220. The molecule has 0 atom stereocenters. The highest BCUT2D eigenvalue weighted by Crippen LogP contribution is 2.61. The average molecular weight is 469 g/mol. The van der Waals surface area contributed by atoms with Gasteiger partial charge in [-0.3, -0.25) is 9.59 Å². The quantitative estimate of drug-likeness (QED) is 0.346. The lowest BCUT2D eigenvalue weighted by Crippen LogP contribution is -2.48. The van der Waals surface area contributed by atoms with Crippen molar-refractivity contribution in [3.63, 3.8) is 0 Å². The number of fused-ring (bicyclic) bond motifs is 1. The second-order valence-corrected chi connectivity index (χ2v) is 12.7. The van der Waals surface area contributed by atoms with Crippen LogP contribution in [0, 0.1) is 17.8 Å². The summed E-state index contributed by atoms with van der Waals surface area (Å²) in [7, 11) is 0. The van der Waals surface area contributed by atoms with Gasteiger partial charge in [0.2, 0.25) is 0 Å². The molecular formula is C31H32O2S. The van der Waals surface area contributed by atoms with Crippen molar-refractivity contribution in [2.24, 2.45) is 17.8 Å². The first kappa shape index (κ1) is 22.1. The Hall–Kier alpha value is -2.39. The minimum absolute atomic E-state index is 0.102. The van der Waals surface area contributed by atoms with E-state index < -0.39 is 5.92 Å². The summed E-state index contributed by atoms with van der Waals surface area (Å²) >= 11 is 2.16. The maximum Gasteiger partial charge on any atom is 0.144 e. The molecule has 0 radical (unpaired) electrons. The molecule has 0 saturated heterocycles. The second-order valence-electron chi connectivity index (χ2n) is 11.2. The van der Waals surface area contributed by atoms with Crippen molar-refractivity contribution in [3.05, 3.63) is 66.2 Å². The van der Waals surface area contributed by atoms with E-state index in [4.69, 9.17) is 0 Å². The van der Waals surface area contributed by atoms with E-state index in [1.54, 1.807) is 0 Å². The number of Topliss-reactive ketones (excluding diaryl/α,β-unsaturated/α-hetero) is 2. The molecule has 0 heterocycles. The zero-order chi connectivity index (χ0) is 23.4. The monoisotopic (exact) mass is 468 g/mol. The molecule has 4 bridgehead atoms. The number of ketones is 2. The smallest absolute Gasteiger partial charge is 0.144 e. The summed E-state index contributed by atoms with van der Waals surface area (Å²) in [6.45, 7) is 2.98. The molecule has 4 saturated carbocycles. The Kier molecular flexibility index (Phi) is 5.44. The molecule has 0 N–H and O–H groups in total. The van der Waals surface area contributed by atoms with E-state index in [9.17, 15) is 9.59 Å². The van der Waals surface area contributed by atoms with Gasteiger partial charge in [-0.05, 0) is 122 Å². The van der Waals surface area contributed by atoms with Crippen LogP contribution < -0.4 is 0 Å². The number of hydrogen-bond donors (Lipinski definition) is 0.